The van der Waals surface area contributed by atoms with Gasteiger partial charge in [0, 0.05) is 5.88 Å². The van der Waals surface area contributed by atoms with E-state index >= 15 is 0 Å². The Kier molecular flexibility index (Phi) is 3.57. The molecule has 0 aromatic carbocycles. The van der Waals surface area contributed by atoms with Gasteiger partial charge in [-0.15, -0.1) is 11.6 Å². The Balaban J connectivity index is 3.41. The second kappa shape index (κ2) is 4.40. The molecule has 1 aromatic heterocycles. The van der Waals surface area contributed by atoms with Crippen molar-refractivity contribution in [3.63, 3.8) is 0 Å². The molecular weight excluding hydrogens is 255 g/mol. The van der Waals surface area contributed by atoms with Crippen molar-refractivity contribution in [2.75, 3.05) is 5.73 Å². The van der Waals surface area contributed by atoms with Gasteiger partial charge in [-0.25, -0.2) is 13.8 Å². The number of anilines is 1. The summed E-state index contributed by atoms with van der Waals surface area (Å²) >= 11 is 5.26. The number of nitrogens with zero attached hydrogens (tertiary/aromatic N) is 1. The average Bonchev–Trinajstić information content (AvgIpc) is 2.14. The molecule has 1 heterocycles. The Hall–Kier alpha value is -1.11. The maximum absolute atomic E-state index is 12.4. The van der Waals surface area contributed by atoms with E-state index in [1.807, 2.05) is 0 Å². The predicted molar refractivity (Wildman–Crippen MR) is 48.2 cm³/mol. The van der Waals surface area contributed by atoms with E-state index < -0.39 is 41.1 Å². The second-order valence-electron chi connectivity index (χ2n) is 2.90. The van der Waals surface area contributed by atoms with Crippen LogP contribution in [0.15, 0.2) is 6.07 Å². The molecule has 0 saturated heterocycles. The highest BCUT2D eigenvalue weighted by Gasteiger charge is 2.36. The molecule has 2 nitrogen and oxygen atoms in total. The molecule has 0 atom stereocenters. The first-order valence-electron chi connectivity index (χ1n) is 3.98. The number of nitrogen functional groups attached to an aromatic ring is 1. The molecule has 0 bridgehead atoms. The molecule has 1 aromatic rings. The van der Waals surface area contributed by atoms with Crippen LogP contribution in [0.25, 0.3) is 0 Å². The maximum atomic E-state index is 12.4. The van der Waals surface area contributed by atoms with Gasteiger partial charge in [0.1, 0.15) is 11.4 Å². The highest BCUT2D eigenvalue weighted by atomic mass is 35.5. The Morgan fingerprint density at radius 1 is 1.38 bits per heavy atom. The van der Waals surface area contributed by atoms with Crippen molar-refractivity contribution in [1.29, 1.82) is 0 Å². The maximum Gasteiger partial charge on any atom is 0.433 e. The van der Waals surface area contributed by atoms with Crippen molar-refractivity contribution in [2.45, 2.75) is 18.5 Å². The largest absolute Gasteiger partial charge is 0.433 e. The minimum Gasteiger partial charge on any atom is -0.397 e. The highest BCUT2D eigenvalue weighted by Crippen LogP contribution is 2.35. The van der Waals surface area contributed by atoms with Crippen molar-refractivity contribution in [2.24, 2.45) is 0 Å². The zero-order valence-electron chi connectivity index (χ0n) is 7.65. The lowest BCUT2D eigenvalue weighted by atomic mass is 10.1. The molecule has 2 N–H and O–H groups in total. The van der Waals surface area contributed by atoms with Crippen molar-refractivity contribution >= 4 is 17.3 Å². The first-order valence-corrected chi connectivity index (χ1v) is 4.51. The molecule has 0 aliphatic heterocycles. The lowest BCUT2D eigenvalue weighted by Gasteiger charge is -2.13. The summed E-state index contributed by atoms with van der Waals surface area (Å²) in [5.41, 5.74) is 1.71. The minimum absolute atomic E-state index is 0.420. The van der Waals surface area contributed by atoms with Crippen LogP contribution in [0.2, 0.25) is 0 Å². The number of alkyl halides is 6. The van der Waals surface area contributed by atoms with E-state index in [4.69, 9.17) is 17.3 Å². The second-order valence-corrected chi connectivity index (χ2v) is 3.17. The lowest BCUT2D eigenvalue weighted by Crippen LogP contribution is -2.14. The van der Waals surface area contributed by atoms with Crippen LogP contribution >= 0.6 is 11.6 Å². The fraction of sp³-hybridized carbons (Fsp3) is 0.375. The van der Waals surface area contributed by atoms with Gasteiger partial charge >= 0.3 is 6.18 Å². The van der Waals surface area contributed by atoms with Crippen LogP contribution in [0.4, 0.5) is 27.6 Å². The quantitative estimate of drug-likeness (QED) is 0.654. The number of pyridine rings is 1. The van der Waals surface area contributed by atoms with E-state index in [0.717, 1.165) is 6.07 Å². The topological polar surface area (TPSA) is 38.9 Å². The van der Waals surface area contributed by atoms with Crippen LogP contribution in [-0.2, 0) is 12.1 Å². The van der Waals surface area contributed by atoms with Crippen LogP contribution in [0.3, 0.4) is 0 Å². The number of aromatic nitrogens is 1. The molecule has 0 aliphatic rings. The Bertz CT molecular complexity index is 391. The standard InChI is InChI=1S/C8H6ClF5N2/c9-2-3-1-4(15)5(7(10)11)16-6(3)8(12,13)14/h1,7H,2,15H2. The van der Waals surface area contributed by atoms with Gasteiger partial charge in [0.05, 0.1) is 5.69 Å². The van der Waals surface area contributed by atoms with Crippen LogP contribution < -0.4 is 5.73 Å². The SMILES string of the molecule is Nc1cc(CCl)c(C(F)(F)F)nc1C(F)F. The summed E-state index contributed by atoms with van der Waals surface area (Å²) in [7, 11) is 0. The molecule has 0 spiro atoms. The van der Waals surface area contributed by atoms with Gasteiger partial charge < -0.3 is 5.73 Å². The van der Waals surface area contributed by atoms with E-state index in [1.165, 1.54) is 0 Å². The zero-order valence-corrected chi connectivity index (χ0v) is 8.41. The van der Waals surface area contributed by atoms with Crippen LogP contribution in [0.1, 0.15) is 23.4 Å². The summed E-state index contributed by atoms with van der Waals surface area (Å²) in [5, 5.41) is 0. The Labute approximate surface area is 92.2 Å². The van der Waals surface area contributed by atoms with Gasteiger partial charge in [-0.05, 0) is 11.6 Å². The Morgan fingerprint density at radius 2 is 1.94 bits per heavy atom. The fourth-order valence-electron chi connectivity index (χ4n) is 1.11. The van der Waals surface area contributed by atoms with E-state index in [1.54, 1.807) is 0 Å². The molecule has 0 saturated carbocycles. The first-order chi connectivity index (χ1) is 7.27. The summed E-state index contributed by atoms with van der Waals surface area (Å²) in [6.07, 6.45) is -7.99. The number of hydrogen-bond acceptors (Lipinski definition) is 2. The average molecular weight is 261 g/mol. The molecule has 0 fully saturated rings. The molecule has 0 radical (unpaired) electrons. The molecule has 90 valence electrons. The molecule has 16 heavy (non-hydrogen) atoms. The first kappa shape index (κ1) is 13.0. The molecule has 0 amide bonds. The molecule has 0 unspecified atom stereocenters. The van der Waals surface area contributed by atoms with Gasteiger partial charge in [-0.1, -0.05) is 0 Å². The van der Waals surface area contributed by atoms with Crippen molar-refractivity contribution < 1.29 is 22.0 Å². The third-order valence-electron chi connectivity index (χ3n) is 1.78. The van der Waals surface area contributed by atoms with Crippen molar-refractivity contribution in [3.8, 4) is 0 Å². The van der Waals surface area contributed by atoms with Gasteiger partial charge in [-0.2, -0.15) is 13.2 Å². The fourth-order valence-corrected chi connectivity index (χ4v) is 1.31. The van der Waals surface area contributed by atoms with Crippen molar-refractivity contribution in [3.05, 3.63) is 23.0 Å². The number of halogens is 6. The Morgan fingerprint density at radius 3 is 2.31 bits per heavy atom. The summed E-state index contributed by atoms with van der Waals surface area (Å²) in [5.74, 6) is -0.504. The monoisotopic (exact) mass is 260 g/mol. The van der Waals surface area contributed by atoms with Gasteiger partial charge in [0.25, 0.3) is 6.43 Å². The number of nitrogens with two attached hydrogens (primary N) is 1. The lowest BCUT2D eigenvalue weighted by molar-refractivity contribution is -0.141. The number of rotatable bonds is 2. The minimum atomic E-state index is -4.83. The number of hydrogen-bond donors (Lipinski definition) is 1. The normalized spacial score (nSPS) is 12.2. The van der Waals surface area contributed by atoms with E-state index in [2.05, 4.69) is 4.98 Å². The van der Waals surface area contributed by atoms with E-state index in [-0.39, 0.29) is 0 Å². The molecular formula is C8H6ClF5N2. The molecule has 8 heteroatoms. The predicted octanol–water partition coefficient (Wildman–Crippen LogP) is 3.36. The smallest absolute Gasteiger partial charge is 0.397 e. The molecule has 1 rings (SSSR count). The summed E-state index contributed by atoms with van der Waals surface area (Å²) in [6.45, 7) is 0. The van der Waals surface area contributed by atoms with E-state index in [9.17, 15) is 22.0 Å². The van der Waals surface area contributed by atoms with Gasteiger partial charge in [0.15, 0.2) is 0 Å². The summed E-state index contributed by atoms with van der Waals surface area (Å²) in [6, 6.07) is 0.768. The van der Waals surface area contributed by atoms with Gasteiger partial charge in [0.2, 0.25) is 0 Å². The summed E-state index contributed by atoms with van der Waals surface area (Å²) in [4.78, 5) is 2.83. The van der Waals surface area contributed by atoms with E-state index in [0.29, 0.717) is 0 Å². The third kappa shape index (κ3) is 2.52. The van der Waals surface area contributed by atoms with Gasteiger partial charge in [-0.3, -0.25) is 0 Å². The highest BCUT2D eigenvalue weighted by molar-refractivity contribution is 6.17. The van der Waals surface area contributed by atoms with Crippen molar-refractivity contribution in [1.82, 2.24) is 4.98 Å². The zero-order chi connectivity index (χ0) is 12.5. The third-order valence-corrected chi connectivity index (χ3v) is 2.07. The van der Waals surface area contributed by atoms with Crippen LogP contribution in [-0.4, -0.2) is 4.98 Å². The molecule has 0 aliphatic carbocycles. The van der Waals surface area contributed by atoms with Crippen LogP contribution in [0, 0.1) is 0 Å². The summed E-state index contributed by atoms with van der Waals surface area (Å²) < 4.78 is 61.8. The van der Waals surface area contributed by atoms with Crippen LogP contribution in [0.5, 0.6) is 0 Å².